The minimum atomic E-state index is 0.491. The summed E-state index contributed by atoms with van der Waals surface area (Å²) in [7, 11) is 0. The fourth-order valence-electron chi connectivity index (χ4n) is 1.32. The molecule has 0 spiro atoms. The van der Waals surface area contributed by atoms with Gasteiger partial charge in [-0.05, 0) is 18.2 Å². The van der Waals surface area contributed by atoms with Crippen LogP contribution in [0.15, 0.2) is 47.5 Å². The van der Waals surface area contributed by atoms with Crippen LogP contribution < -0.4 is 0 Å². The highest BCUT2D eigenvalue weighted by Gasteiger charge is 2.01. The first kappa shape index (κ1) is 12.4. The lowest BCUT2D eigenvalue weighted by Crippen LogP contribution is -1.83. The van der Waals surface area contributed by atoms with Gasteiger partial charge in [0.2, 0.25) is 0 Å². The Labute approximate surface area is 115 Å². The molecule has 0 heterocycles. The number of hydrogen-bond donors (Lipinski definition) is 0. The quantitative estimate of drug-likeness (QED) is 0.655. The van der Waals surface area contributed by atoms with Gasteiger partial charge in [-0.2, -0.15) is 0 Å². The zero-order valence-corrected chi connectivity index (χ0v) is 11.0. The van der Waals surface area contributed by atoms with Crippen molar-refractivity contribution in [1.29, 1.82) is 0 Å². The third-order valence-electron chi connectivity index (χ3n) is 2.18. The Balaban J connectivity index is 2.33. The standard InChI is InChI=1S/C13H8Cl3N/c14-10-5-1-2-7-12(10)17-8-9-4-3-6-11(15)13(9)16/h1-8H/b17-8+. The Kier molecular flexibility index (Phi) is 4.06. The van der Waals surface area contributed by atoms with Crippen molar-refractivity contribution >= 4 is 46.7 Å². The number of nitrogens with zero attached hydrogens (tertiary/aromatic N) is 1. The van der Waals surface area contributed by atoms with Crippen molar-refractivity contribution < 1.29 is 0 Å². The lowest BCUT2D eigenvalue weighted by Gasteiger charge is -2.00. The number of aliphatic imine (C=N–C) groups is 1. The number of benzene rings is 2. The topological polar surface area (TPSA) is 12.4 Å². The Morgan fingerprint density at radius 1 is 0.824 bits per heavy atom. The highest BCUT2D eigenvalue weighted by molar-refractivity contribution is 6.43. The average molecular weight is 285 g/mol. The van der Waals surface area contributed by atoms with Gasteiger partial charge in [-0.15, -0.1) is 0 Å². The van der Waals surface area contributed by atoms with Crippen molar-refractivity contribution in [2.45, 2.75) is 0 Å². The van der Waals surface area contributed by atoms with E-state index in [0.717, 1.165) is 5.56 Å². The van der Waals surface area contributed by atoms with Crippen LogP contribution in [0.4, 0.5) is 5.69 Å². The van der Waals surface area contributed by atoms with Crippen LogP contribution >= 0.6 is 34.8 Å². The third kappa shape index (κ3) is 3.01. The highest BCUT2D eigenvalue weighted by Crippen LogP contribution is 2.26. The molecule has 86 valence electrons. The van der Waals surface area contributed by atoms with Gasteiger partial charge < -0.3 is 0 Å². The molecule has 0 N–H and O–H groups in total. The van der Waals surface area contributed by atoms with Crippen molar-refractivity contribution in [2.24, 2.45) is 4.99 Å². The molecule has 4 heteroatoms. The van der Waals surface area contributed by atoms with Crippen molar-refractivity contribution in [3.05, 3.63) is 63.1 Å². The summed E-state index contributed by atoms with van der Waals surface area (Å²) in [5, 5.41) is 1.60. The van der Waals surface area contributed by atoms with E-state index in [0.29, 0.717) is 20.8 Å². The lowest BCUT2D eigenvalue weighted by atomic mass is 10.2. The minimum Gasteiger partial charge on any atom is -0.255 e. The molecule has 0 aromatic heterocycles. The fourth-order valence-corrected chi connectivity index (χ4v) is 1.86. The molecule has 2 aromatic carbocycles. The lowest BCUT2D eigenvalue weighted by molar-refractivity contribution is 1.52. The maximum absolute atomic E-state index is 6.04. The average Bonchev–Trinajstić information content (AvgIpc) is 2.33. The first-order chi connectivity index (χ1) is 8.18. The molecular formula is C13H8Cl3N. The number of halogens is 3. The Bertz CT molecular complexity index is 564. The van der Waals surface area contributed by atoms with Crippen molar-refractivity contribution in [3.8, 4) is 0 Å². The Morgan fingerprint density at radius 3 is 2.29 bits per heavy atom. The van der Waals surface area contributed by atoms with Gasteiger partial charge in [0.25, 0.3) is 0 Å². The van der Waals surface area contributed by atoms with Crippen molar-refractivity contribution in [3.63, 3.8) is 0 Å². The Hall–Kier alpha value is -1.02. The van der Waals surface area contributed by atoms with Crippen LogP contribution in [0, 0.1) is 0 Å². The van der Waals surface area contributed by atoms with Crippen LogP contribution in [-0.2, 0) is 0 Å². The molecule has 0 fully saturated rings. The SMILES string of the molecule is Clc1ccccc1/N=C/c1cccc(Cl)c1Cl. The smallest absolute Gasteiger partial charge is 0.0816 e. The van der Waals surface area contributed by atoms with E-state index in [1.807, 2.05) is 30.3 Å². The molecule has 17 heavy (non-hydrogen) atoms. The van der Waals surface area contributed by atoms with Crippen LogP contribution in [0.3, 0.4) is 0 Å². The second-order valence-electron chi connectivity index (χ2n) is 3.35. The largest absolute Gasteiger partial charge is 0.255 e. The predicted molar refractivity (Wildman–Crippen MR) is 75.2 cm³/mol. The van der Waals surface area contributed by atoms with Crippen LogP contribution in [0.25, 0.3) is 0 Å². The van der Waals surface area contributed by atoms with Gasteiger partial charge >= 0.3 is 0 Å². The summed E-state index contributed by atoms with van der Waals surface area (Å²) >= 11 is 17.9. The van der Waals surface area contributed by atoms with Gasteiger partial charge in [0.15, 0.2) is 0 Å². The van der Waals surface area contributed by atoms with Gasteiger partial charge in [-0.1, -0.05) is 59.1 Å². The second-order valence-corrected chi connectivity index (χ2v) is 4.55. The van der Waals surface area contributed by atoms with E-state index in [9.17, 15) is 0 Å². The van der Waals surface area contributed by atoms with E-state index in [2.05, 4.69) is 4.99 Å². The highest BCUT2D eigenvalue weighted by atomic mass is 35.5. The molecule has 2 aromatic rings. The van der Waals surface area contributed by atoms with Gasteiger partial charge in [-0.3, -0.25) is 4.99 Å². The Morgan fingerprint density at radius 2 is 1.53 bits per heavy atom. The number of hydrogen-bond acceptors (Lipinski definition) is 1. The van der Waals surface area contributed by atoms with Crippen molar-refractivity contribution in [2.75, 3.05) is 0 Å². The predicted octanol–water partition coefficient (Wildman–Crippen LogP) is 5.40. The second kappa shape index (κ2) is 5.54. The van der Waals surface area contributed by atoms with Crippen LogP contribution in [-0.4, -0.2) is 6.21 Å². The molecule has 0 radical (unpaired) electrons. The molecule has 1 nitrogen and oxygen atoms in total. The van der Waals surface area contributed by atoms with Crippen molar-refractivity contribution in [1.82, 2.24) is 0 Å². The van der Waals surface area contributed by atoms with Gasteiger partial charge in [0.05, 0.1) is 20.8 Å². The van der Waals surface area contributed by atoms with Gasteiger partial charge in [0, 0.05) is 11.8 Å². The summed E-state index contributed by atoms with van der Waals surface area (Å²) < 4.78 is 0. The monoisotopic (exact) mass is 283 g/mol. The number of para-hydroxylation sites is 1. The van der Waals surface area contributed by atoms with E-state index >= 15 is 0 Å². The molecule has 0 aliphatic heterocycles. The first-order valence-corrected chi connectivity index (χ1v) is 6.04. The van der Waals surface area contributed by atoms with Gasteiger partial charge in [0.1, 0.15) is 0 Å². The molecule has 0 saturated carbocycles. The van der Waals surface area contributed by atoms with Crippen LogP contribution in [0.5, 0.6) is 0 Å². The summed E-state index contributed by atoms with van der Waals surface area (Å²) in [6.07, 6.45) is 1.65. The minimum absolute atomic E-state index is 0.491. The molecule has 0 atom stereocenters. The normalized spacial score (nSPS) is 11.0. The van der Waals surface area contributed by atoms with E-state index in [1.54, 1.807) is 18.3 Å². The molecule has 0 bridgehead atoms. The maximum atomic E-state index is 6.04. The molecule has 0 saturated heterocycles. The van der Waals surface area contributed by atoms with E-state index < -0.39 is 0 Å². The van der Waals surface area contributed by atoms with Gasteiger partial charge in [-0.25, -0.2) is 0 Å². The van der Waals surface area contributed by atoms with E-state index in [4.69, 9.17) is 34.8 Å². The molecule has 0 aliphatic rings. The zero-order valence-electron chi connectivity index (χ0n) is 8.70. The van der Waals surface area contributed by atoms with Crippen LogP contribution in [0.2, 0.25) is 15.1 Å². The van der Waals surface area contributed by atoms with Crippen LogP contribution in [0.1, 0.15) is 5.56 Å². The molecule has 0 aliphatic carbocycles. The first-order valence-electron chi connectivity index (χ1n) is 4.91. The summed E-state index contributed by atoms with van der Waals surface area (Å²) in [6, 6.07) is 12.7. The molecule has 2 rings (SSSR count). The van der Waals surface area contributed by atoms with E-state index in [1.165, 1.54) is 0 Å². The summed E-state index contributed by atoms with van der Waals surface area (Å²) in [5.74, 6) is 0. The zero-order chi connectivity index (χ0) is 12.3. The summed E-state index contributed by atoms with van der Waals surface area (Å²) in [4.78, 5) is 4.28. The molecular weight excluding hydrogens is 277 g/mol. The maximum Gasteiger partial charge on any atom is 0.0816 e. The van der Waals surface area contributed by atoms with E-state index in [-0.39, 0.29) is 0 Å². The molecule has 0 amide bonds. The number of rotatable bonds is 2. The third-order valence-corrected chi connectivity index (χ3v) is 3.33. The molecule has 0 unspecified atom stereocenters. The fraction of sp³-hybridized carbons (Fsp3) is 0. The summed E-state index contributed by atoms with van der Waals surface area (Å²) in [6.45, 7) is 0. The summed E-state index contributed by atoms with van der Waals surface area (Å²) in [5.41, 5.74) is 1.46.